The van der Waals surface area contributed by atoms with Crippen molar-refractivity contribution in [3.05, 3.63) is 48.5 Å². The second-order valence-electron chi connectivity index (χ2n) is 3.61. The summed E-state index contributed by atoms with van der Waals surface area (Å²) in [6.45, 7) is 0. The molecule has 0 saturated heterocycles. The molecule has 19 heavy (non-hydrogen) atoms. The molecule has 4 nitrogen and oxygen atoms in total. The van der Waals surface area contributed by atoms with Gasteiger partial charge in [-0.25, -0.2) is 0 Å². The Kier molecular flexibility index (Phi) is 6.84. The van der Waals surface area contributed by atoms with Crippen LogP contribution >= 0.6 is 16.8 Å². The van der Waals surface area contributed by atoms with Crippen LogP contribution in [-0.2, 0) is 0 Å². The molecule has 0 aliphatic rings. The van der Waals surface area contributed by atoms with Crippen molar-refractivity contribution in [2.75, 3.05) is 0 Å². The largest absolute Gasteiger partial charge is 4.00 e. The van der Waals surface area contributed by atoms with Gasteiger partial charge in [-0.05, 0) is 11.1 Å². The summed E-state index contributed by atoms with van der Waals surface area (Å²) >= 11 is 0. The Hall–Kier alpha value is -0.0613. The SMILES string of the molecule is [O-]P([O-])c1ccc(-c2ccc(P([O-])[O-])cc2)cc1.[Sn+4]. The van der Waals surface area contributed by atoms with Crippen molar-refractivity contribution < 1.29 is 19.6 Å². The van der Waals surface area contributed by atoms with Gasteiger partial charge in [0.05, 0.1) is 0 Å². The average molecular weight is 397 g/mol. The van der Waals surface area contributed by atoms with Crippen LogP contribution in [0.5, 0.6) is 0 Å². The molecule has 0 saturated carbocycles. The summed E-state index contributed by atoms with van der Waals surface area (Å²) in [6, 6.07) is 12.8. The van der Waals surface area contributed by atoms with E-state index < -0.39 is 16.8 Å². The summed E-state index contributed by atoms with van der Waals surface area (Å²) in [5, 5.41) is 0.515. The topological polar surface area (TPSA) is 92.2 Å². The molecule has 0 N–H and O–H groups in total. The van der Waals surface area contributed by atoms with Crippen molar-refractivity contribution >= 4 is 51.3 Å². The maximum Gasteiger partial charge on any atom is 4.00 e. The molecular weight excluding hydrogens is 389 g/mol. The third kappa shape index (κ3) is 4.47. The third-order valence-corrected chi connectivity index (χ3v) is 3.93. The van der Waals surface area contributed by atoms with E-state index in [0.29, 0.717) is 0 Å². The zero-order valence-electron chi connectivity index (χ0n) is 9.65. The van der Waals surface area contributed by atoms with Gasteiger partial charge in [0.25, 0.3) is 0 Å². The third-order valence-electron chi connectivity index (χ3n) is 2.49. The van der Waals surface area contributed by atoms with Crippen molar-refractivity contribution in [1.29, 1.82) is 0 Å². The van der Waals surface area contributed by atoms with E-state index in [1.165, 1.54) is 24.3 Å². The fourth-order valence-electron chi connectivity index (χ4n) is 1.55. The molecule has 0 bridgehead atoms. The number of benzene rings is 2. The van der Waals surface area contributed by atoms with Crippen LogP contribution in [0, 0.1) is 0 Å². The summed E-state index contributed by atoms with van der Waals surface area (Å²) in [7, 11) is -5.14. The molecule has 0 heterocycles. The van der Waals surface area contributed by atoms with E-state index in [2.05, 4.69) is 0 Å². The molecule has 94 valence electrons. The summed E-state index contributed by atoms with van der Waals surface area (Å²) in [5.74, 6) is 0. The summed E-state index contributed by atoms with van der Waals surface area (Å²) in [5.41, 5.74) is 1.67. The van der Waals surface area contributed by atoms with E-state index in [1.807, 2.05) is 0 Å². The Balaban J connectivity index is 0.00000180. The molecule has 0 radical (unpaired) electrons. The monoisotopic (exact) mass is 398 g/mol. The molecule has 0 aliphatic carbocycles. The van der Waals surface area contributed by atoms with Crippen molar-refractivity contribution in [3.63, 3.8) is 0 Å². The normalized spacial score (nSPS) is 10.6. The maximum atomic E-state index is 10.7. The van der Waals surface area contributed by atoms with Crippen molar-refractivity contribution in [1.82, 2.24) is 0 Å². The number of hydrogen-bond donors (Lipinski definition) is 0. The maximum absolute atomic E-state index is 10.7. The van der Waals surface area contributed by atoms with Crippen LogP contribution in [-0.4, -0.2) is 23.9 Å². The van der Waals surface area contributed by atoms with Crippen LogP contribution in [0.2, 0.25) is 0 Å². The molecule has 2 aromatic carbocycles. The van der Waals surface area contributed by atoms with Gasteiger partial charge in [-0.1, -0.05) is 59.1 Å². The zero-order chi connectivity index (χ0) is 13.1. The number of rotatable bonds is 3. The van der Waals surface area contributed by atoms with Crippen LogP contribution in [0.1, 0.15) is 0 Å². The van der Waals surface area contributed by atoms with E-state index in [1.54, 1.807) is 24.3 Å². The van der Waals surface area contributed by atoms with Crippen molar-refractivity contribution in [3.8, 4) is 11.1 Å². The molecule has 0 spiro atoms. The molecule has 0 fully saturated rings. The fraction of sp³-hybridized carbons (Fsp3) is 0. The first-order valence-electron chi connectivity index (χ1n) is 5.07. The van der Waals surface area contributed by atoms with Crippen LogP contribution < -0.4 is 30.2 Å². The van der Waals surface area contributed by atoms with E-state index >= 15 is 0 Å². The fourth-order valence-corrected chi connectivity index (χ4v) is 2.34. The summed E-state index contributed by atoms with van der Waals surface area (Å²) in [4.78, 5) is 43.0. The smallest absolute Gasteiger partial charge is 0.838 e. The molecule has 0 amide bonds. The molecule has 0 atom stereocenters. The predicted octanol–water partition coefficient (Wildman–Crippen LogP) is -1.71. The van der Waals surface area contributed by atoms with Crippen molar-refractivity contribution in [2.45, 2.75) is 0 Å². The minimum absolute atomic E-state index is 0. The van der Waals surface area contributed by atoms with Crippen LogP contribution in [0.3, 0.4) is 0 Å². The molecule has 0 unspecified atom stereocenters. The van der Waals surface area contributed by atoms with Gasteiger partial charge in [0.1, 0.15) is 0 Å². The van der Waals surface area contributed by atoms with Gasteiger partial charge in [-0.2, -0.15) is 0 Å². The Morgan fingerprint density at radius 2 is 0.789 bits per heavy atom. The van der Waals surface area contributed by atoms with E-state index in [0.717, 1.165) is 11.1 Å². The van der Waals surface area contributed by atoms with Gasteiger partial charge >= 0.3 is 23.9 Å². The minimum Gasteiger partial charge on any atom is -0.838 e. The minimum atomic E-state index is -2.57. The molecular formula is C12H8O4P2Sn. The van der Waals surface area contributed by atoms with Crippen LogP contribution in [0.25, 0.3) is 11.1 Å². The summed E-state index contributed by atoms with van der Waals surface area (Å²) in [6.07, 6.45) is 0. The van der Waals surface area contributed by atoms with Gasteiger partial charge in [-0.3, -0.25) is 16.8 Å². The Bertz CT molecular complexity index is 465. The second kappa shape index (κ2) is 7.65. The van der Waals surface area contributed by atoms with Crippen molar-refractivity contribution in [2.24, 2.45) is 0 Å². The van der Waals surface area contributed by atoms with Gasteiger partial charge in [0.2, 0.25) is 0 Å². The average Bonchev–Trinajstić information content (AvgIpc) is 2.39. The molecule has 7 heteroatoms. The van der Waals surface area contributed by atoms with E-state index in [9.17, 15) is 19.6 Å². The molecule has 2 aromatic rings. The Labute approximate surface area is 130 Å². The Morgan fingerprint density at radius 3 is 1.00 bits per heavy atom. The molecule has 0 aromatic heterocycles. The number of hydrogen-bond acceptors (Lipinski definition) is 4. The standard InChI is InChI=1S/C12H8O4P2.Sn/c13-17(14)11-5-1-9(2-6-11)10-3-7-12(8-4-10)18(15)16;/h1-8H;/q-4;+4. The first-order chi connectivity index (χ1) is 8.58. The summed E-state index contributed by atoms with van der Waals surface area (Å²) < 4.78 is 0. The van der Waals surface area contributed by atoms with Gasteiger partial charge in [0, 0.05) is 0 Å². The predicted molar refractivity (Wildman–Crippen MR) is 70.7 cm³/mol. The van der Waals surface area contributed by atoms with E-state index in [-0.39, 0.29) is 34.5 Å². The van der Waals surface area contributed by atoms with E-state index in [4.69, 9.17) is 0 Å². The zero-order valence-corrected chi connectivity index (χ0v) is 14.3. The quantitative estimate of drug-likeness (QED) is 0.456. The van der Waals surface area contributed by atoms with Gasteiger partial charge in [0.15, 0.2) is 0 Å². The Morgan fingerprint density at radius 1 is 0.526 bits per heavy atom. The van der Waals surface area contributed by atoms with Gasteiger partial charge < -0.3 is 19.6 Å². The first-order valence-corrected chi connectivity index (χ1v) is 7.43. The second-order valence-corrected chi connectivity index (χ2v) is 5.67. The molecule has 0 aliphatic heterocycles. The first kappa shape index (κ1) is 17.0. The van der Waals surface area contributed by atoms with Gasteiger partial charge in [-0.15, -0.1) is 0 Å². The van der Waals surface area contributed by atoms with Crippen LogP contribution in [0.15, 0.2) is 48.5 Å². The van der Waals surface area contributed by atoms with Crippen LogP contribution in [0.4, 0.5) is 0 Å². The molecule has 2 rings (SSSR count).